The Labute approximate surface area is 172 Å². The van der Waals surface area contributed by atoms with Crippen molar-refractivity contribution in [3.63, 3.8) is 0 Å². The monoisotopic (exact) mass is 407 g/mol. The van der Waals surface area contributed by atoms with Gasteiger partial charge in [0, 0.05) is 12.6 Å². The zero-order valence-electron chi connectivity index (χ0n) is 16.9. The van der Waals surface area contributed by atoms with E-state index in [1.165, 1.54) is 10.7 Å². The Bertz CT molecular complexity index is 1240. The first-order chi connectivity index (χ1) is 14.2. The fourth-order valence-electron chi connectivity index (χ4n) is 3.27. The smallest absolute Gasteiger partial charge is 0.237 e. The lowest BCUT2D eigenvalue weighted by molar-refractivity contribution is -0.125. The normalized spacial score (nSPS) is 16.4. The highest BCUT2D eigenvalue weighted by molar-refractivity contribution is 5.94. The van der Waals surface area contributed by atoms with Crippen LogP contribution in [0.5, 0.6) is 0 Å². The number of amides is 1. The quantitative estimate of drug-likeness (QED) is 0.452. The molecule has 1 aliphatic rings. The molecule has 2 aromatic heterocycles. The molecule has 1 amide bonds. The molecule has 0 atom stereocenters. The van der Waals surface area contributed by atoms with Crippen molar-refractivity contribution < 1.29 is 9.18 Å². The number of nitrogens with two attached hydrogens (primary N) is 2. The fraction of sp³-hybridized carbons (Fsp3) is 0.238. The molecule has 0 saturated carbocycles. The van der Waals surface area contributed by atoms with Crippen molar-refractivity contribution in [3.05, 3.63) is 70.7 Å². The SMILES string of the molecule is Cc1cnc2c(Cc3ccccc3F)nn(/C(N)=N/C3=C(N)C(C)(C)C(=O)N3)c2c1. The van der Waals surface area contributed by atoms with Crippen LogP contribution in [0.1, 0.15) is 30.7 Å². The number of hydrogen-bond donors (Lipinski definition) is 3. The van der Waals surface area contributed by atoms with E-state index in [9.17, 15) is 9.18 Å². The van der Waals surface area contributed by atoms with Crippen molar-refractivity contribution in [1.29, 1.82) is 0 Å². The molecular formula is C21H22FN7O. The zero-order valence-corrected chi connectivity index (χ0v) is 16.9. The van der Waals surface area contributed by atoms with Gasteiger partial charge in [0.1, 0.15) is 11.3 Å². The summed E-state index contributed by atoms with van der Waals surface area (Å²) in [6.45, 7) is 5.31. The van der Waals surface area contributed by atoms with Crippen LogP contribution in [0, 0.1) is 18.2 Å². The summed E-state index contributed by atoms with van der Waals surface area (Å²) in [5.74, 6) is -0.358. The Balaban J connectivity index is 1.82. The average Bonchev–Trinajstić information content (AvgIpc) is 3.14. The van der Waals surface area contributed by atoms with Crippen LogP contribution in [0.3, 0.4) is 0 Å². The van der Waals surface area contributed by atoms with E-state index in [1.807, 2.05) is 13.0 Å². The lowest BCUT2D eigenvalue weighted by atomic mass is 9.91. The van der Waals surface area contributed by atoms with E-state index >= 15 is 0 Å². The van der Waals surface area contributed by atoms with Crippen LogP contribution < -0.4 is 16.8 Å². The molecule has 154 valence electrons. The van der Waals surface area contributed by atoms with Gasteiger partial charge in [0.05, 0.1) is 22.3 Å². The molecule has 3 aromatic rings. The van der Waals surface area contributed by atoms with E-state index in [0.29, 0.717) is 28.0 Å². The van der Waals surface area contributed by atoms with E-state index in [-0.39, 0.29) is 29.9 Å². The van der Waals surface area contributed by atoms with Crippen LogP contribution >= 0.6 is 0 Å². The summed E-state index contributed by atoms with van der Waals surface area (Å²) >= 11 is 0. The van der Waals surface area contributed by atoms with E-state index < -0.39 is 5.41 Å². The number of nitrogens with one attached hydrogen (secondary N) is 1. The molecule has 0 unspecified atom stereocenters. The second kappa shape index (κ2) is 6.94. The maximum Gasteiger partial charge on any atom is 0.237 e. The number of rotatable bonds is 3. The summed E-state index contributed by atoms with van der Waals surface area (Å²) in [6, 6.07) is 8.38. The van der Waals surface area contributed by atoms with Crippen LogP contribution in [-0.4, -0.2) is 26.6 Å². The topological polar surface area (TPSA) is 124 Å². The van der Waals surface area contributed by atoms with Gasteiger partial charge in [-0.05, 0) is 44.0 Å². The molecule has 1 aromatic carbocycles. The third-order valence-corrected chi connectivity index (χ3v) is 5.21. The zero-order chi connectivity index (χ0) is 21.6. The second-order valence-corrected chi connectivity index (χ2v) is 7.82. The number of aliphatic imine (C=N–C) groups is 1. The molecule has 0 fully saturated rings. The van der Waals surface area contributed by atoms with E-state index in [2.05, 4.69) is 20.4 Å². The molecule has 9 heteroatoms. The number of carbonyl (C=O) groups excluding carboxylic acids is 1. The van der Waals surface area contributed by atoms with Gasteiger partial charge in [-0.1, -0.05) is 18.2 Å². The Hall–Kier alpha value is -3.75. The van der Waals surface area contributed by atoms with Crippen molar-refractivity contribution in [2.45, 2.75) is 27.2 Å². The Morgan fingerprint density at radius 2 is 2.07 bits per heavy atom. The lowest BCUT2D eigenvalue weighted by Gasteiger charge is -2.14. The van der Waals surface area contributed by atoms with Gasteiger partial charge in [0.15, 0.2) is 5.82 Å². The number of carbonyl (C=O) groups is 1. The van der Waals surface area contributed by atoms with Crippen molar-refractivity contribution >= 4 is 22.9 Å². The van der Waals surface area contributed by atoms with Gasteiger partial charge in [-0.2, -0.15) is 14.8 Å². The standard InChI is InChI=1S/C21H22FN7O/c1-11-8-15-16(25-10-11)14(9-12-6-4-5-7-13(12)22)28-29(15)20(24)27-18-17(23)21(2,3)19(30)26-18/h4-8,10H,9,23H2,1-3H3,(H2,24,27)(H,26,30). The largest absolute Gasteiger partial charge is 0.398 e. The highest BCUT2D eigenvalue weighted by atomic mass is 19.1. The number of halogens is 1. The van der Waals surface area contributed by atoms with Gasteiger partial charge in [0.2, 0.25) is 11.9 Å². The van der Waals surface area contributed by atoms with Crippen LogP contribution in [0.15, 0.2) is 53.0 Å². The molecule has 0 saturated heterocycles. The molecule has 0 spiro atoms. The number of aromatic nitrogens is 3. The molecule has 1 aliphatic heterocycles. The van der Waals surface area contributed by atoms with Crippen LogP contribution in [0.2, 0.25) is 0 Å². The first-order valence-corrected chi connectivity index (χ1v) is 9.42. The highest BCUT2D eigenvalue weighted by Crippen LogP contribution is 2.30. The van der Waals surface area contributed by atoms with Crippen molar-refractivity contribution in [3.8, 4) is 0 Å². The third kappa shape index (κ3) is 3.18. The van der Waals surface area contributed by atoms with Gasteiger partial charge < -0.3 is 16.8 Å². The Morgan fingerprint density at radius 1 is 1.33 bits per heavy atom. The minimum Gasteiger partial charge on any atom is -0.398 e. The molecule has 0 aliphatic carbocycles. The number of aryl methyl sites for hydroxylation is 1. The van der Waals surface area contributed by atoms with Crippen molar-refractivity contribution in [2.24, 2.45) is 21.9 Å². The molecule has 8 nitrogen and oxygen atoms in total. The van der Waals surface area contributed by atoms with Crippen LogP contribution in [0.25, 0.3) is 11.0 Å². The highest BCUT2D eigenvalue weighted by Gasteiger charge is 2.39. The number of pyridine rings is 1. The number of fused-ring (bicyclic) bond motifs is 1. The molecule has 5 N–H and O–H groups in total. The minimum atomic E-state index is -0.876. The Morgan fingerprint density at radius 3 is 2.73 bits per heavy atom. The average molecular weight is 407 g/mol. The first kappa shape index (κ1) is 19.6. The van der Waals surface area contributed by atoms with Gasteiger partial charge in [-0.3, -0.25) is 9.78 Å². The third-order valence-electron chi connectivity index (χ3n) is 5.21. The summed E-state index contributed by atoms with van der Waals surface area (Å²) in [5, 5.41) is 7.19. The van der Waals surface area contributed by atoms with Crippen molar-refractivity contribution in [1.82, 2.24) is 20.1 Å². The Kier molecular flexibility index (Phi) is 4.53. The molecule has 30 heavy (non-hydrogen) atoms. The van der Waals surface area contributed by atoms with Gasteiger partial charge in [-0.25, -0.2) is 4.39 Å². The summed E-state index contributed by atoms with van der Waals surface area (Å²) in [4.78, 5) is 20.9. The maximum atomic E-state index is 14.2. The number of hydrogen-bond acceptors (Lipinski definition) is 5. The van der Waals surface area contributed by atoms with E-state index in [4.69, 9.17) is 11.5 Å². The molecular weight excluding hydrogens is 385 g/mol. The van der Waals surface area contributed by atoms with Crippen molar-refractivity contribution in [2.75, 3.05) is 0 Å². The lowest BCUT2D eigenvalue weighted by Crippen LogP contribution is -2.30. The molecule has 0 bridgehead atoms. The fourth-order valence-corrected chi connectivity index (χ4v) is 3.27. The summed E-state index contributed by atoms with van der Waals surface area (Å²) < 4.78 is 15.6. The van der Waals surface area contributed by atoms with Gasteiger partial charge in [0.25, 0.3) is 0 Å². The summed E-state index contributed by atoms with van der Waals surface area (Å²) in [7, 11) is 0. The van der Waals surface area contributed by atoms with E-state index in [0.717, 1.165) is 5.56 Å². The second-order valence-electron chi connectivity index (χ2n) is 7.82. The minimum absolute atomic E-state index is 0.0168. The predicted octanol–water partition coefficient (Wildman–Crippen LogP) is 1.92. The van der Waals surface area contributed by atoms with E-state index in [1.54, 1.807) is 38.2 Å². The van der Waals surface area contributed by atoms with Gasteiger partial charge in [-0.15, -0.1) is 0 Å². The molecule has 3 heterocycles. The predicted molar refractivity (Wildman–Crippen MR) is 112 cm³/mol. The number of benzene rings is 1. The van der Waals surface area contributed by atoms with Gasteiger partial charge >= 0.3 is 0 Å². The maximum absolute atomic E-state index is 14.2. The molecule has 4 rings (SSSR count). The molecule has 0 radical (unpaired) electrons. The first-order valence-electron chi connectivity index (χ1n) is 9.42. The number of nitrogens with zero attached hydrogens (tertiary/aromatic N) is 4. The van der Waals surface area contributed by atoms with Crippen LogP contribution in [-0.2, 0) is 11.2 Å². The summed E-state index contributed by atoms with van der Waals surface area (Å²) in [5.41, 5.74) is 14.9. The summed E-state index contributed by atoms with van der Waals surface area (Å²) in [6.07, 6.45) is 1.96. The van der Waals surface area contributed by atoms with Crippen LogP contribution in [0.4, 0.5) is 4.39 Å².